The Labute approximate surface area is 198 Å². The zero-order valence-electron chi connectivity index (χ0n) is 20.6. The first-order chi connectivity index (χ1) is 15.8. The van der Waals surface area contributed by atoms with Crippen LogP contribution in [0.2, 0.25) is 0 Å². The number of nitrogens with zero attached hydrogens (tertiary/aromatic N) is 3. The second-order valence-electron chi connectivity index (χ2n) is 12.4. The van der Waals surface area contributed by atoms with Gasteiger partial charge >= 0.3 is 0 Å². The molecule has 0 radical (unpaired) electrons. The average molecular weight is 446 g/mol. The van der Waals surface area contributed by atoms with Gasteiger partial charge in [0.05, 0.1) is 0 Å². The Bertz CT molecular complexity index is 1070. The van der Waals surface area contributed by atoms with Gasteiger partial charge in [0.2, 0.25) is 0 Å². The van der Waals surface area contributed by atoms with Crippen LogP contribution in [0.25, 0.3) is 11.0 Å². The van der Waals surface area contributed by atoms with Crippen molar-refractivity contribution in [2.24, 2.45) is 40.4 Å². The van der Waals surface area contributed by atoms with Crippen molar-refractivity contribution in [2.75, 3.05) is 0 Å². The highest BCUT2D eigenvalue weighted by Crippen LogP contribution is 2.69. The molecule has 3 unspecified atom stereocenters. The number of fused-ring (bicyclic) bond motifs is 6. The fraction of sp³-hybridized carbons (Fsp3) is 0.690. The molecule has 6 rings (SSSR count). The molecule has 0 amide bonds. The van der Waals surface area contributed by atoms with Crippen LogP contribution in [0.1, 0.15) is 84.6 Å². The summed E-state index contributed by atoms with van der Waals surface area (Å²) >= 11 is 0. The summed E-state index contributed by atoms with van der Waals surface area (Å²) in [7, 11) is 0. The van der Waals surface area contributed by atoms with Crippen molar-refractivity contribution in [2.45, 2.75) is 84.6 Å². The normalized spacial score (nSPS) is 41.3. The monoisotopic (exact) mass is 445 g/mol. The predicted molar refractivity (Wildman–Crippen MR) is 132 cm³/mol. The molecule has 4 aliphatic carbocycles. The van der Waals surface area contributed by atoms with Gasteiger partial charge in [0, 0.05) is 5.92 Å². The number of hydrogen-bond acceptors (Lipinski definition) is 3. The summed E-state index contributed by atoms with van der Waals surface area (Å²) in [6.45, 7) is 11.4. The van der Waals surface area contributed by atoms with E-state index < -0.39 is 0 Å². The van der Waals surface area contributed by atoms with E-state index in [4.69, 9.17) is 0 Å². The summed E-state index contributed by atoms with van der Waals surface area (Å²) in [6, 6.07) is 7.60. The molecule has 8 atom stereocenters. The van der Waals surface area contributed by atoms with E-state index in [1.165, 1.54) is 56.9 Å². The molecule has 2 aromatic rings. The van der Waals surface area contributed by atoms with Gasteiger partial charge in [0.1, 0.15) is 17.1 Å². The Morgan fingerprint density at radius 1 is 1.03 bits per heavy atom. The van der Waals surface area contributed by atoms with Crippen molar-refractivity contribution in [3.63, 3.8) is 0 Å². The molecule has 1 heterocycles. The van der Waals surface area contributed by atoms with Gasteiger partial charge < -0.3 is 0 Å². The standard InChI is InChI=1S/C29H39N3O/c1-18-9-10-21-20(17-18)13-15-28(3)22(21)14-16-29(4)23(11-12-26(28)29)27(33)19(2)32-30-24-7-5-6-8-25(24)31-32/h5-8,19-23,26H,1,9-17H2,2-4H3/t19-,20?,21-,22+,23+,26-,28?,29?/m0/s1. The van der Waals surface area contributed by atoms with Crippen molar-refractivity contribution < 1.29 is 4.79 Å². The van der Waals surface area contributed by atoms with Gasteiger partial charge in [-0.3, -0.25) is 4.79 Å². The van der Waals surface area contributed by atoms with Crippen LogP contribution in [0.3, 0.4) is 0 Å². The molecular formula is C29H39N3O. The summed E-state index contributed by atoms with van der Waals surface area (Å²) < 4.78 is 0. The van der Waals surface area contributed by atoms with Gasteiger partial charge in [-0.1, -0.05) is 38.1 Å². The largest absolute Gasteiger partial charge is 0.297 e. The number of rotatable bonds is 3. The molecule has 176 valence electrons. The second-order valence-corrected chi connectivity index (χ2v) is 12.4. The van der Waals surface area contributed by atoms with Gasteiger partial charge in [-0.05, 0) is 111 Å². The molecule has 4 heteroatoms. The molecule has 33 heavy (non-hydrogen) atoms. The van der Waals surface area contributed by atoms with Crippen molar-refractivity contribution in [3.05, 3.63) is 36.4 Å². The van der Waals surface area contributed by atoms with Gasteiger partial charge in [0.25, 0.3) is 0 Å². The lowest BCUT2D eigenvalue weighted by Crippen LogP contribution is -2.55. The molecule has 0 aliphatic heterocycles. The van der Waals surface area contributed by atoms with Crippen LogP contribution in [-0.4, -0.2) is 20.8 Å². The summed E-state index contributed by atoms with van der Waals surface area (Å²) in [5.41, 5.74) is 3.74. The Morgan fingerprint density at radius 3 is 2.45 bits per heavy atom. The van der Waals surface area contributed by atoms with E-state index in [0.29, 0.717) is 17.1 Å². The lowest BCUT2D eigenvalue weighted by atomic mass is 9.43. The van der Waals surface area contributed by atoms with Crippen molar-refractivity contribution >= 4 is 16.8 Å². The van der Waals surface area contributed by atoms with E-state index in [2.05, 4.69) is 30.6 Å². The predicted octanol–water partition coefficient (Wildman–Crippen LogP) is 6.78. The minimum Gasteiger partial charge on any atom is -0.297 e. The number of carbonyl (C=O) groups is 1. The number of carbonyl (C=O) groups excluding carboxylic acids is 1. The fourth-order valence-electron chi connectivity index (χ4n) is 9.28. The second kappa shape index (κ2) is 7.52. The third-order valence-electron chi connectivity index (χ3n) is 10.9. The van der Waals surface area contributed by atoms with Crippen LogP contribution in [-0.2, 0) is 4.79 Å². The van der Waals surface area contributed by atoms with Gasteiger partial charge in [-0.25, -0.2) is 0 Å². The molecule has 4 fully saturated rings. The maximum absolute atomic E-state index is 13.9. The Morgan fingerprint density at radius 2 is 1.73 bits per heavy atom. The molecule has 0 bridgehead atoms. The van der Waals surface area contributed by atoms with Gasteiger partial charge in [-0.15, -0.1) is 0 Å². The summed E-state index contributed by atoms with van der Waals surface area (Å²) in [5.74, 6) is 3.74. The van der Waals surface area contributed by atoms with Gasteiger partial charge in [-0.2, -0.15) is 15.0 Å². The molecule has 1 aromatic heterocycles. The molecule has 1 aromatic carbocycles. The topological polar surface area (TPSA) is 47.8 Å². The number of Topliss-reactive ketones (excluding diaryl/α,β-unsaturated/α-hetero) is 1. The van der Waals surface area contributed by atoms with Crippen LogP contribution in [0.5, 0.6) is 0 Å². The molecule has 0 saturated heterocycles. The van der Waals surface area contributed by atoms with E-state index in [-0.39, 0.29) is 17.4 Å². The highest BCUT2D eigenvalue weighted by Gasteiger charge is 2.63. The molecule has 0 spiro atoms. The van der Waals surface area contributed by atoms with Crippen LogP contribution in [0.4, 0.5) is 0 Å². The molecule has 4 nitrogen and oxygen atoms in total. The van der Waals surface area contributed by atoms with E-state index in [9.17, 15) is 4.79 Å². The number of allylic oxidation sites excluding steroid dienone is 1. The minimum atomic E-state index is -0.302. The average Bonchev–Trinajstić information content (AvgIpc) is 3.39. The van der Waals surface area contributed by atoms with Crippen LogP contribution in [0, 0.1) is 40.4 Å². The van der Waals surface area contributed by atoms with Crippen LogP contribution in [0.15, 0.2) is 36.4 Å². The Balaban J connectivity index is 1.26. The Hall–Kier alpha value is -1.97. The first kappa shape index (κ1) is 21.6. The van der Waals surface area contributed by atoms with Crippen molar-refractivity contribution in [3.8, 4) is 0 Å². The highest BCUT2D eigenvalue weighted by atomic mass is 16.1. The fourth-order valence-corrected chi connectivity index (χ4v) is 9.28. The van der Waals surface area contributed by atoms with Crippen LogP contribution >= 0.6 is 0 Å². The number of ketones is 1. The zero-order chi connectivity index (χ0) is 23.0. The lowest BCUT2D eigenvalue weighted by Gasteiger charge is -2.61. The zero-order valence-corrected chi connectivity index (χ0v) is 20.6. The smallest absolute Gasteiger partial charge is 0.162 e. The van der Waals surface area contributed by atoms with Crippen molar-refractivity contribution in [1.29, 1.82) is 0 Å². The molecule has 4 aliphatic rings. The molecule has 0 N–H and O–H groups in total. The van der Waals surface area contributed by atoms with E-state index in [1.54, 1.807) is 4.80 Å². The number of benzene rings is 1. The summed E-state index contributed by atoms with van der Waals surface area (Å²) in [4.78, 5) is 15.6. The lowest BCUT2D eigenvalue weighted by molar-refractivity contribution is -0.142. The molecule has 4 saturated carbocycles. The first-order valence-corrected chi connectivity index (χ1v) is 13.3. The quantitative estimate of drug-likeness (QED) is 0.489. The molecular weight excluding hydrogens is 406 g/mol. The minimum absolute atomic E-state index is 0.119. The SMILES string of the molecule is C=C1CC[C@H]2C(CCC3(C)[C@@H]4CC[C@H](C(=O)[C@H](C)n5nc6ccccc6n5)C4(C)CC[C@H]23)C1. The Kier molecular flexibility index (Phi) is 4.91. The maximum atomic E-state index is 13.9. The van der Waals surface area contributed by atoms with Crippen molar-refractivity contribution in [1.82, 2.24) is 15.0 Å². The summed E-state index contributed by atoms with van der Waals surface area (Å²) in [6.07, 6.45) is 11.3. The first-order valence-electron chi connectivity index (χ1n) is 13.3. The highest BCUT2D eigenvalue weighted by molar-refractivity contribution is 5.86. The third-order valence-corrected chi connectivity index (χ3v) is 10.9. The third kappa shape index (κ3) is 3.12. The van der Waals surface area contributed by atoms with E-state index in [0.717, 1.165) is 35.2 Å². The van der Waals surface area contributed by atoms with Crippen LogP contribution < -0.4 is 0 Å². The van der Waals surface area contributed by atoms with Gasteiger partial charge in [0.15, 0.2) is 5.78 Å². The number of aromatic nitrogens is 3. The maximum Gasteiger partial charge on any atom is 0.162 e. The van der Waals surface area contributed by atoms with E-state index >= 15 is 0 Å². The summed E-state index contributed by atoms with van der Waals surface area (Å²) in [5, 5.41) is 9.28. The van der Waals surface area contributed by atoms with E-state index in [1.807, 2.05) is 31.2 Å². The number of hydrogen-bond donors (Lipinski definition) is 0.